The van der Waals surface area contributed by atoms with Crippen molar-refractivity contribution in [3.05, 3.63) is 71.6 Å². The summed E-state index contributed by atoms with van der Waals surface area (Å²) in [5.41, 5.74) is 4.10. The molecule has 0 saturated heterocycles. The predicted molar refractivity (Wildman–Crippen MR) is 82.7 cm³/mol. The lowest BCUT2D eigenvalue weighted by Gasteiger charge is -2.07. The summed E-state index contributed by atoms with van der Waals surface area (Å²) in [4.78, 5) is 8.54. The number of rotatable bonds is 2. The standard InChI is InChI=1S/C17H13ClN2/c1-12-19-11-16(18)17(20-12)15-9-5-8-14(10-15)13-6-3-2-4-7-13/h2-11H,1H3. The van der Waals surface area contributed by atoms with Crippen LogP contribution < -0.4 is 0 Å². The number of aromatic nitrogens is 2. The highest BCUT2D eigenvalue weighted by atomic mass is 35.5. The van der Waals surface area contributed by atoms with Crippen molar-refractivity contribution in [3.63, 3.8) is 0 Å². The molecular formula is C17H13ClN2. The van der Waals surface area contributed by atoms with E-state index in [2.05, 4.69) is 34.2 Å². The van der Waals surface area contributed by atoms with Crippen molar-refractivity contribution in [1.29, 1.82) is 0 Å². The maximum Gasteiger partial charge on any atom is 0.125 e. The number of aryl methyl sites for hydroxylation is 1. The van der Waals surface area contributed by atoms with Gasteiger partial charge in [0, 0.05) is 11.8 Å². The van der Waals surface area contributed by atoms with Crippen LogP contribution in [0.1, 0.15) is 5.82 Å². The molecule has 0 fully saturated rings. The molecule has 0 unspecified atom stereocenters. The van der Waals surface area contributed by atoms with Crippen molar-refractivity contribution in [2.45, 2.75) is 6.92 Å². The van der Waals surface area contributed by atoms with E-state index in [4.69, 9.17) is 11.6 Å². The quantitative estimate of drug-likeness (QED) is 0.675. The van der Waals surface area contributed by atoms with Gasteiger partial charge in [0.15, 0.2) is 0 Å². The van der Waals surface area contributed by atoms with Gasteiger partial charge in [-0.25, -0.2) is 9.97 Å². The lowest BCUT2D eigenvalue weighted by molar-refractivity contribution is 1.06. The Hall–Kier alpha value is -2.19. The molecule has 1 aromatic heterocycles. The van der Waals surface area contributed by atoms with Crippen LogP contribution in [0.15, 0.2) is 60.8 Å². The molecule has 0 aliphatic carbocycles. The van der Waals surface area contributed by atoms with Crippen LogP contribution in [0.5, 0.6) is 0 Å². The SMILES string of the molecule is Cc1ncc(Cl)c(-c2cccc(-c3ccccc3)c2)n1. The molecule has 0 saturated carbocycles. The molecule has 0 aliphatic heterocycles. The van der Waals surface area contributed by atoms with Gasteiger partial charge in [0.2, 0.25) is 0 Å². The fraction of sp³-hybridized carbons (Fsp3) is 0.0588. The minimum atomic E-state index is 0.570. The Bertz CT molecular complexity index is 739. The van der Waals surface area contributed by atoms with E-state index < -0.39 is 0 Å². The summed E-state index contributed by atoms with van der Waals surface area (Å²) in [5.74, 6) is 0.717. The van der Waals surface area contributed by atoms with Crippen molar-refractivity contribution >= 4 is 11.6 Å². The number of benzene rings is 2. The summed E-state index contributed by atoms with van der Waals surface area (Å²) in [6.07, 6.45) is 1.65. The number of nitrogens with zero attached hydrogens (tertiary/aromatic N) is 2. The molecule has 2 aromatic carbocycles. The van der Waals surface area contributed by atoms with Gasteiger partial charge >= 0.3 is 0 Å². The van der Waals surface area contributed by atoms with Crippen LogP contribution in [-0.4, -0.2) is 9.97 Å². The molecule has 2 nitrogen and oxygen atoms in total. The summed E-state index contributed by atoms with van der Waals surface area (Å²) in [7, 11) is 0. The number of hydrogen-bond donors (Lipinski definition) is 0. The first-order valence-electron chi connectivity index (χ1n) is 6.39. The third-order valence-electron chi connectivity index (χ3n) is 3.11. The monoisotopic (exact) mass is 280 g/mol. The van der Waals surface area contributed by atoms with Crippen molar-refractivity contribution < 1.29 is 0 Å². The highest BCUT2D eigenvalue weighted by molar-refractivity contribution is 6.32. The van der Waals surface area contributed by atoms with Crippen LogP contribution >= 0.6 is 11.6 Å². The minimum Gasteiger partial charge on any atom is -0.240 e. The molecule has 1 heterocycles. The van der Waals surface area contributed by atoms with Gasteiger partial charge in [-0.15, -0.1) is 0 Å². The van der Waals surface area contributed by atoms with E-state index in [9.17, 15) is 0 Å². The average molecular weight is 281 g/mol. The maximum atomic E-state index is 6.20. The van der Waals surface area contributed by atoms with Gasteiger partial charge in [-0.1, -0.05) is 60.1 Å². The average Bonchev–Trinajstić information content (AvgIpc) is 2.51. The molecule has 3 aromatic rings. The molecule has 20 heavy (non-hydrogen) atoms. The third kappa shape index (κ3) is 2.56. The highest BCUT2D eigenvalue weighted by Crippen LogP contribution is 2.29. The van der Waals surface area contributed by atoms with E-state index in [1.807, 2.05) is 37.3 Å². The Balaban J connectivity index is 2.10. The van der Waals surface area contributed by atoms with Gasteiger partial charge in [0.25, 0.3) is 0 Å². The molecule has 0 amide bonds. The lowest BCUT2D eigenvalue weighted by atomic mass is 10.0. The maximum absolute atomic E-state index is 6.20. The second kappa shape index (κ2) is 5.43. The van der Waals surface area contributed by atoms with Gasteiger partial charge in [-0.2, -0.15) is 0 Å². The number of halogens is 1. The minimum absolute atomic E-state index is 0.570. The zero-order valence-electron chi connectivity index (χ0n) is 11.0. The summed E-state index contributed by atoms with van der Waals surface area (Å²) in [6, 6.07) is 18.5. The fourth-order valence-electron chi connectivity index (χ4n) is 2.13. The normalized spacial score (nSPS) is 10.5. The first-order valence-corrected chi connectivity index (χ1v) is 6.77. The van der Waals surface area contributed by atoms with Gasteiger partial charge in [0.1, 0.15) is 5.82 Å². The molecule has 0 N–H and O–H groups in total. The predicted octanol–water partition coefficient (Wildman–Crippen LogP) is 4.77. The van der Waals surface area contributed by atoms with Crippen LogP contribution in [0.4, 0.5) is 0 Å². The Kier molecular flexibility index (Phi) is 3.48. The van der Waals surface area contributed by atoms with E-state index in [0.717, 1.165) is 22.6 Å². The van der Waals surface area contributed by atoms with Gasteiger partial charge in [0.05, 0.1) is 10.7 Å². The zero-order chi connectivity index (χ0) is 13.9. The van der Waals surface area contributed by atoms with E-state index in [0.29, 0.717) is 5.02 Å². The highest BCUT2D eigenvalue weighted by Gasteiger charge is 2.07. The second-order valence-corrected chi connectivity index (χ2v) is 4.97. The topological polar surface area (TPSA) is 25.8 Å². The van der Waals surface area contributed by atoms with E-state index in [1.165, 1.54) is 5.56 Å². The van der Waals surface area contributed by atoms with Crippen molar-refractivity contribution in [1.82, 2.24) is 9.97 Å². The largest absolute Gasteiger partial charge is 0.240 e. The van der Waals surface area contributed by atoms with Crippen LogP contribution in [0.25, 0.3) is 22.4 Å². The first kappa shape index (κ1) is 12.8. The fourth-order valence-corrected chi connectivity index (χ4v) is 2.33. The second-order valence-electron chi connectivity index (χ2n) is 4.56. The van der Waals surface area contributed by atoms with Crippen LogP contribution in [-0.2, 0) is 0 Å². The molecular weight excluding hydrogens is 268 g/mol. The van der Waals surface area contributed by atoms with E-state index in [1.54, 1.807) is 6.20 Å². The zero-order valence-corrected chi connectivity index (χ0v) is 11.8. The smallest absolute Gasteiger partial charge is 0.125 e. The molecule has 0 bridgehead atoms. The van der Waals surface area contributed by atoms with Crippen molar-refractivity contribution in [3.8, 4) is 22.4 Å². The van der Waals surface area contributed by atoms with Gasteiger partial charge < -0.3 is 0 Å². The molecule has 98 valence electrons. The molecule has 3 heteroatoms. The van der Waals surface area contributed by atoms with Crippen molar-refractivity contribution in [2.24, 2.45) is 0 Å². The molecule has 3 rings (SSSR count). The Morgan fingerprint density at radius 2 is 1.55 bits per heavy atom. The van der Waals surface area contributed by atoms with E-state index >= 15 is 0 Å². The Morgan fingerprint density at radius 1 is 0.850 bits per heavy atom. The van der Waals surface area contributed by atoms with Crippen LogP contribution in [0, 0.1) is 6.92 Å². The van der Waals surface area contributed by atoms with Gasteiger partial charge in [-0.05, 0) is 24.1 Å². The molecule has 0 atom stereocenters. The van der Waals surface area contributed by atoms with Crippen LogP contribution in [0.2, 0.25) is 5.02 Å². The molecule has 0 radical (unpaired) electrons. The summed E-state index contributed by atoms with van der Waals surface area (Å²) < 4.78 is 0. The van der Waals surface area contributed by atoms with Crippen LogP contribution in [0.3, 0.4) is 0 Å². The summed E-state index contributed by atoms with van der Waals surface area (Å²) >= 11 is 6.20. The summed E-state index contributed by atoms with van der Waals surface area (Å²) in [6.45, 7) is 1.86. The van der Waals surface area contributed by atoms with Gasteiger partial charge in [-0.3, -0.25) is 0 Å². The first-order chi connectivity index (χ1) is 9.74. The Morgan fingerprint density at radius 3 is 2.35 bits per heavy atom. The van der Waals surface area contributed by atoms with Crippen molar-refractivity contribution in [2.75, 3.05) is 0 Å². The number of hydrogen-bond acceptors (Lipinski definition) is 2. The summed E-state index contributed by atoms with van der Waals surface area (Å²) in [5, 5.41) is 0.570. The lowest BCUT2D eigenvalue weighted by Crippen LogP contribution is -1.92. The Labute approximate surface area is 123 Å². The van der Waals surface area contributed by atoms with E-state index in [-0.39, 0.29) is 0 Å². The molecule has 0 aliphatic rings. The third-order valence-corrected chi connectivity index (χ3v) is 3.38. The molecule has 0 spiro atoms.